The minimum Gasteiger partial charge on any atom is -0.459 e. The minimum absolute atomic E-state index is 0.0171. The van der Waals surface area contributed by atoms with E-state index < -0.39 is 17.3 Å². The number of nitrogens with one attached hydrogen (secondary N) is 2. The third-order valence-corrected chi connectivity index (χ3v) is 9.62. The molecule has 7 nitrogen and oxygen atoms in total. The fourth-order valence-electron chi connectivity index (χ4n) is 6.85. The molecule has 196 valence electrons. The number of benzene rings is 2. The number of rotatable bonds is 4. The van der Waals surface area contributed by atoms with E-state index in [1.54, 1.807) is 49.4 Å². The smallest absolute Gasteiger partial charge is 0.343 e. The van der Waals surface area contributed by atoms with Gasteiger partial charge in [-0.15, -0.1) is 0 Å². The van der Waals surface area contributed by atoms with Gasteiger partial charge in [0.2, 0.25) is 0 Å². The Hall–Kier alpha value is -3.87. The standard InChI is InChI=1S/C31H32N2O5/c1-29(2)20-14-15-30(29,3)24(17-20)38-25(34)13-12-18-9-7-10-22-26(18)27(35)33-31(4,32-22)21-16-19-8-5-6-11-23(19)37-28(21)36/h5-13,16,20,24,32H,14-15,17H2,1-4H3,(H,33,35)/b13-12+. The van der Waals surface area contributed by atoms with Crippen molar-refractivity contribution in [2.45, 2.75) is 58.7 Å². The predicted octanol–water partition coefficient (Wildman–Crippen LogP) is 5.59. The number of carbonyl (C=O) groups excluding carboxylic acids is 2. The summed E-state index contributed by atoms with van der Waals surface area (Å²) in [5.74, 6) is -0.186. The van der Waals surface area contributed by atoms with Gasteiger partial charge >= 0.3 is 11.6 Å². The molecule has 0 saturated heterocycles. The van der Waals surface area contributed by atoms with E-state index >= 15 is 0 Å². The molecule has 38 heavy (non-hydrogen) atoms. The molecule has 2 heterocycles. The van der Waals surface area contributed by atoms with Gasteiger partial charge < -0.3 is 19.8 Å². The van der Waals surface area contributed by atoms with Crippen LogP contribution in [0.3, 0.4) is 0 Å². The van der Waals surface area contributed by atoms with Crippen LogP contribution in [0, 0.1) is 16.7 Å². The molecule has 2 saturated carbocycles. The lowest BCUT2D eigenvalue weighted by molar-refractivity contribution is -0.150. The molecular weight excluding hydrogens is 480 g/mol. The van der Waals surface area contributed by atoms with Crippen LogP contribution in [0.5, 0.6) is 0 Å². The van der Waals surface area contributed by atoms with Crippen LogP contribution in [-0.4, -0.2) is 18.0 Å². The normalized spacial score (nSPS) is 29.2. The molecule has 2 bridgehead atoms. The van der Waals surface area contributed by atoms with Crippen molar-refractivity contribution in [1.82, 2.24) is 5.32 Å². The van der Waals surface area contributed by atoms with Crippen molar-refractivity contribution < 1.29 is 18.7 Å². The monoisotopic (exact) mass is 512 g/mol. The molecule has 2 fully saturated rings. The summed E-state index contributed by atoms with van der Waals surface area (Å²) in [4.78, 5) is 39.0. The first-order chi connectivity index (χ1) is 18.0. The second-order valence-corrected chi connectivity index (χ2v) is 11.8. The van der Waals surface area contributed by atoms with Gasteiger partial charge in [0.15, 0.2) is 0 Å². The SMILES string of the molecule is CC1(c2cc3ccccc3oc2=O)NC(=O)c2c(/C=C/C(=O)OC3CC4CCC3(C)C4(C)C)cccc2N1. The second kappa shape index (κ2) is 8.32. The number of hydrogen-bond acceptors (Lipinski definition) is 6. The fraction of sp³-hybridized carbons (Fsp3) is 0.387. The lowest BCUT2D eigenvalue weighted by Crippen LogP contribution is -2.55. The first-order valence-corrected chi connectivity index (χ1v) is 13.2. The van der Waals surface area contributed by atoms with E-state index in [0.29, 0.717) is 33.9 Å². The van der Waals surface area contributed by atoms with Crippen molar-refractivity contribution in [3.63, 3.8) is 0 Å². The fourth-order valence-corrected chi connectivity index (χ4v) is 6.85. The Bertz CT molecular complexity index is 1570. The topological polar surface area (TPSA) is 97.6 Å². The maximum Gasteiger partial charge on any atom is 0.343 e. The van der Waals surface area contributed by atoms with Crippen molar-refractivity contribution in [1.29, 1.82) is 0 Å². The zero-order valence-electron chi connectivity index (χ0n) is 22.1. The number of esters is 1. The number of fused-ring (bicyclic) bond motifs is 4. The number of anilines is 1. The van der Waals surface area contributed by atoms with Gasteiger partial charge in [0.25, 0.3) is 5.91 Å². The first kappa shape index (κ1) is 24.5. The molecule has 4 unspecified atom stereocenters. The molecule has 3 aromatic rings. The summed E-state index contributed by atoms with van der Waals surface area (Å²) in [6.45, 7) is 8.53. The summed E-state index contributed by atoms with van der Waals surface area (Å²) in [5, 5.41) is 6.99. The third kappa shape index (κ3) is 3.59. The van der Waals surface area contributed by atoms with Crippen molar-refractivity contribution >= 4 is 34.6 Å². The Kier molecular flexibility index (Phi) is 5.35. The molecule has 1 aliphatic heterocycles. The van der Waals surface area contributed by atoms with E-state index in [4.69, 9.17) is 9.15 Å². The summed E-state index contributed by atoms with van der Waals surface area (Å²) in [7, 11) is 0. The zero-order chi connectivity index (χ0) is 26.9. The summed E-state index contributed by atoms with van der Waals surface area (Å²) < 4.78 is 11.4. The van der Waals surface area contributed by atoms with Crippen LogP contribution in [0.15, 0.2) is 63.8 Å². The number of ether oxygens (including phenoxy) is 1. The molecule has 0 radical (unpaired) electrons. The average Bonchev–Trinajstić information content (AvgIpc) is 3.20. The highest BCUT2D eigenvalue weighted by Crippen LogP contribution is 2.66. The molecular formula is C31H32N2O5. The van der Waals surface area contributed by atoms with Crippen LogP contribution in [0.25, 0.3) is 17.0 Å². The summed E-state index contributed by atoms with van der Waals surface area (Å²) in [6, 6.07) is 14.3. The molecule has 6 rings (SSSR count). The Balaban J connectivity index is 1.25. The van der Waals surface area contributed by atoms with E-state index in [0.717, 1.165) is 18.2 Å². The Morgan fingerprint density at radius 1 is 1.05 bits per heavy atom. The number of amides is 1. The highest BCUT2D eigenvalue weighted by atomic mass is 16.5. The average molecular weight is 513 g/mol. The minimum atomic E-state index is -1.18. The molecule has 0 spiro atoms. The number of para-hydroxylation sites is 1. The summed E-state index contributed by atoms with van der Waals surface area (Å²) >= 11 is 0. The van der Waals surface area contributed by atoms with Crippen molar-refractivity contribution in [2.24, 2.45) is 16.7 Å². The van der Waals surface area contributed by atoms with Crippen LogP contribution >= 0.6 is 0 Å². The second-order valence-electron chi connectivity index (χ2n) is 11.8. The van der Waals surface area contributed by atoms with E-state index in [-0.39, 0.29) is 22.8 Å². The highest BCUT2D eigenvalue weighted by molar-refractivity contribution is 6.06. The van der Waals surface area contributed by atoms with Gasteiger partial charge in [-0.05, 0) is 67.4 Å². The van der Waals surface area contributed by atoms with E-state index in [2.05, 4.69) is 31.4 Å². The lowest BCUT2D eigenvalue weighted by atomic mass is 9.70. The maximum absolute atomic E-state index is 13.4. The highest BCUT2D eigenvalue weighted by Gasteiger charge is 2.62. The first-order valence-electron chi connectivity index (χ1n) is 13.2. The van der Waals surface area contributed by atoms with Crippen LogP contribution in [0.2, 0.25) is 0 Å². The van der Waals surface area contributed by atoms with Crippen molar-refractivity contribution in [3.8, 4) is 0 Å². The molecule has 2 N–H and O–H groups in total. The van der Waals surface area contributed by atoms with Gasteiger partial charge in [0.05, 0.1) is 11.1 Å². The number of hydrogen-bond donors (Lipinski definition) is 2. The molecule has 7 heteroatoms. The van der Waals surface area contributed by atoms with Gasteiger partial charge in [-0.2, -0.15) is 0 Å². The van der Waals surface area contributed by atoms with E-state index in [1.165, 1.54) is 12.5 Å². The quantitative estimate of drug-likeness (QED) is 0.269. The Morgan fingerprint density at radius 3 is 2.58 bits per heavy atom. The summed E-state index contributed by atoms with van der Waals surface area (Å²) in [5.41, 5.74) is 0.733. The molecule has 1 aromatic heterocycles. The molecule has 2 aliphatic carbocycles. The van der Waals surface area contributed by atoms with Crippen LogP contribution in [0.1, 0.15) is 68.4 Å². The Labute approximate surface area is 221 Å². The summed E-state index contributed by atoms with van der Waals surface area (Å²) in [6.07, 6.45) is 6.08. The number of carbonyl (C=O) groups is 2. The van der Waals surface area contributed by atoms with Crippen LogP contribution in [-0.2, 0) is 15.2 Å². The molecule has 4 atom stereocenters. The van der Waals surface area contributed by atoms with Crippen molar-refractivity contribution in [3.05, 3.63) is 81.7 Å². The van der Waals surface area contributed by atoms with Gasteiger partial charge in [-0.25, -0.2) is 9.59 Å². The van der Waals surface area contributed by atoms with Crippen LogP contribution < -0.4 is 16.3 Å². The van der Waals surface area contributed by atoms with Gasteiger partial charge in [0.1, 0.15) is 17.3 Å². The predicted molar refractivity (Wildman–Crippen MR) is 146 cm³/mol. The van der Waals surface area contributed by atoms with Gasteiger partial charge in [0, 0.05) is 22.6 Å². The Morgan fingerprint density at radius 2 is 1.84 bits per heavy atom. The van der Waals surface area contributed by atoms with Crippen molar-refractivity contribution in [2.75, 3.05) is 5.32 Å². The van der Waals surface area contributed by atoms with E-state index in [1.807, 2.05) is 12.1 Å². The molecule has 2 aromatic carbocycles. The van der Waals surface area contributed by atoms with Gasteiger partial charge in [-0.1, -0.05) is 51.1 Å². The molecule has 1 amide bonds. The van der Waals surface area contributed by atoms with Gasteiger partial charge in [-0.3, -0.25) is 4.79 Å². The third-order valence-electron chi connectivity index (χ3n) is 9.62. The lowest BCUT2D eigenvalue weighted by Gasteiger charge is -2.38. The van der Waals surface area contributed by atoms with Crippen LogP contribution in [0.4, 0.5) is 5.69 Å². The largest absolute Gasteiger partial charge is 0.459 e. The maximum atomic E-state index is 13.4. The zero-order valence-corrected chi connectivity index (χ0v) is 22.1. The van der Waals surface area contributed by atoms with E-state index in [9.17, 15) is 14.4 Å². The molecule has 3 aliphatic rings.